The number of benzene rings is 1. The molecule has 0 amide bonds. The van der Waals surface area contributed by atoms with Crippen molar-refractivity contribution in [2.75, 3.05) is 6.79 Å². The van der Waals surface area contributed by atoms with Gasteiger partial charge in [-0.2, -0.15) is 0 Å². The highest BCUT2D eigenvalue weighted by atomic mass is 16.7. The van der Waals surface area contributed by atoms with Crippen molar-refractivity contribution in [1.82, 2.24) is 0 Å². The number of esters is 2. The third-order valence-electron chi connectivity index (χ3n) is 2.74. The van der Waals surface area contributed by atoms with Crippen LogP contribution in [0, 0.1) is 19.3 Å². The van der Waals surface area contributed by atoms with Crippen LogP contribution in [0.15, 0.2) is 18.2 Å². The van der Waals surface area contributed by atoms with Crippen molar-refractivity contribution in [3.05, 3.63) is 34.9 Å². The van der Waals surface area contributed by atoms with Gasteiger partial charge in [-0.05, 0) is 57.9 Å². The van der Waals surface area contributed by atoms with Gasteiger partial charge in [0.2, 0.25) is 6.79 Å². The van der Waals surface area contributed by atoms with Crippen LogP contribution in [-0.2, 0) is 14.3 Å². The predicted octanol–water partition coefficient (Wildman–Crippen LogP) is 3.01. The quantitative estimate of drug-likeness (QED) is 0.622. The molecule has 0 aliphatic rings. The van der Waals surface area contributed by atoms with Crippen molar-refractivity contribution < 1.29 is 19.1 Å². The number of hydrogen-bond donors (Lipinski definition) is 0. The monoisotopic (exact) mass is 264 g/mol. The van der Waals surface area contributed by atoms with Crippen LogP contribution in [-0.4, -0.2) is 18.7 Å². The van der Waals surface area contributed by atoms with Crippen molar-refractivity contribution in [3.63, 3.8) is 0 Å². The largest absolute Gasteiger partial charge is 0.427 e. The molecule has 0 N–H and O–H groups in total. The van der Waals surface area contributed by atoms with Crippen LogP contribution in [0.4, 0.5) is 0 Å². The van der Waals surface area contributed by atoms with Gasteiger partial charge in [-0.25, -0.2) is 4.79 Å². The van der Waals surface area contributed by atoms with Gasteiger partial charge in [0.15, 0.2) is 0 Å². The van der Waals surface area contributed by atoms with Crippen molar-refractivity contribution >= 4 is 11.9 Å². The summed E-state index contributed by atoms with van der Waals surface area (Å²) in [6.45, 7) is 8.74. The molecular weight excluding hydrogens is 244 g/mol. The van der Waals surface area contributed by atoms with Gasteiger partial charge in [0, 0.05) is 0 Å². The normalized spacial score (nSPS) is 11.0. The molecule has 1 aromatic rings. The Morgan fingerprint density at radius 3 is 2.21 bits per heavy atom. The summed E-state index contributed by atoms with van der Waals surface area (Å²) in [7, 11) is 0. The molecule has 0 aliphatic carbocycles. The third kappa shape index (κ3) is 4.39. The van der Waals surface area contributed by atoms with E-state index in [1.165, 1.54) is 0 Å². The first-order chi connectivity index (χ1) is 8.71. The molecule has 0 aromatic heterocycles. The number of aryl methyl sites for hydroxylation is 2. The maximum absolute atomic E-state index is 11.7. The van der Waals surface area contributed by atoms with Gasteiger partial charge in [0.05, 0.1) is 11.0 Å². The van der Waals surface area contributed by atoms with Gasteiger partial charge in [-0.15, -0.1) is 0 Å². The van der Waals surface area contributed by atoms with Gasteiger partial charge in [0.25, 0.3) is 0 Å². The van der Waals surface area contributed by atoms with Gasteiger partial charge in [0.1, 0.15) is 0 Å². The highest BCUT2D eigenvalue weighted by molar-refractivity contribution is 5.89. The Balaban J connectivity index is 2.52. The van der Waals surface area contributed by atoms with Crippen LogP contribution >= 0.6 is 0 Å². The molecule has 4 nitrogen and oxygen atoms in total. The maximum Gasteiger partial charge on any atom is 0.341 e. The lowest BCUT2D eigenvalue weighted by Crippen LogP contribution is -2.24. The molecule has 0 radical (unpaired) electrons. The lowest BCUT2D eigenvalue weighted by atomic mass is 9.98. The van der Waals surface area contributed by atoms with E-state index in [2.05, 4.69) is 0 Å². The zero-order chi connectivity index (χ0) is 14.6. The van der Waals surface area contributed by atoms with Crippen LogP contribution in [0.1, 0.15) is 42.3 Å². The van der Waals surface area contributed by atoms with Crippen molar-refractivity contribution in [1.29, 1.82) is 0 Å². The highest BCUT2D eigenvalue weighted by Gasteiger charge is 2.23. The molecule has 0 saturated carbocycles. The summed E-state index contributed by atoms with van der Waals surface area (Å²) >= 11 is 0. The van der Waals surface area contributed by atoms with Crippen molar-refractivity contribution in [2.45, 2.75) is 34.6 Å². The molecule has 0 aliphatic heterocycles. The molecular formula is C15H20O4. The second-order valence-corrected chi connectivity index (χ2v) is 5.53. The SMILES string of the molecule is Cc1ccc(C(=O)OCOC(=O)C(C)(C)C)cc1C. The van der Waals surface area contributed by atoms with E-state index in [4.69, 9.17) is 9.47 Å². The number of rotatable bonds is 3. The molecule has 104 valence electrons. The molecule has 0 bridgehead atoms. The summed E-state index contributed by atoms with van der Waals surface area (Å²) in [5.41, 5.74) is 1.97. The smallest absolute Gasteiger partial charge is 0.341 e. The summed E-state index contributed by atoms with van der Waals surface area (Å²) in [4.78, 5) is 23.2. The summed E-state index contributed by atoms with van der Waals surface area (Å²) in [5.74, 6) is -0.898. The predicted molar refractivity (Wildman–Crippen MR) is 71.7 cm³/mol. The maximum atomic E-state index is 11.7. The Morgan fingerprint density at radius 2 is 1.68 bits per heavy atom. The van der Waals surface area contributed by atoms with E-state index in [0.29, 0.717) is 5.56 Å². The summed E-state index contributed by atoms with van der Waals surface area (Å²) in [6, 6.07) is 5.30. The molecule has 0 heterocycles. The van der Waals surface area contributed by atoms with Crippen LogP contribution in [0.5, 0.6) is 0 Å². The minimum Gasteiger partial charge on any atom is -0.427 e. The first kappa shape index (κ1) is 15.2. The minimum absolute atomic E-state index is 0.359. The fourth-order valence-corrected chi connectivity index (χ4v) is 1.30. The molecule has 4 heteroatoms. The minimum atomic E-state index is -0.604. The number of carbonyl (C=O) groups is 2. The van der Waals surface area contributed by atoms with Gasteiger partial charge in [-0.1, -0.05) is 6.07 Å². The average molecular weight is 264 g/mol. The summed E-state index contributed by atoms with van der Waals surface area (Å²) < 4.78 is 9.78. The fourth-order valence-electron chi connectivity index (χ4n) is 1.30. The first-order valence-corrected chi connectivity index (χ1v) is 6.13. The van der Waals surface area contributed by atoms with Gasteiger partial charge < -0.3 is 9.47 Å². The van der Waals surface area contributed by atoms with E-state index in [-0.39, 0.29) is 6.79 Å². The standard InChI is InChI=1S/C15H20O4/c1-10-6-7-12(8-11(10)2)13(16)18-9-19-14(17)15(3,4)5/h6-8H,9H2,1-5H3. The summed E-state index contributed by atoms with van der Waals surface area (Å²) in [6.07, 6.45) is 0. The zero-order valence-corrected chi connectivity index (χ0v) is 12.1. The third-order valence-corrected chi connectivity index (χ3v) is 2.74. The second kappa shape index (κ2) is 5.87. The molecule has 1 aromatic carbocycles. The van der Waals surface area contributed by atoms with Crippen LogP contribution < -0.4 is 0 Å². The van der Waals surface area contributed by atoms with Crippen LogP contribution in [0.2, 0.25) is 0 Å². The van der Waals surface area contributed by atoms with E-state index in [0.717, 1.165) is 11.1 Å². The van der Waals surface area contributed by atoms with Crippen LogP contribution in [0.25, 0.3) is 0 Å². The Hall–Kier alpha value is -1.84. The molecule has 1 rings (SSSR count). The van der Waals surface area contributed by atoms with E-state index >= 15 is 0 Å². The molecule has 0 unspecified atom stereocenters. The van der Waals surface area contributed by atoms with Crippen LogP contribution in [0.3, 0.4) is 0 Å². The lowest BCUT2D eigenvalue weighted by Gasteiger charge is -2.16. The van der Waals surface area contributed by atoms with E-state index in [1.807, 2.05) is 19.9 Å². The Morgan fingerprint density at radius 1 is 1.05 bits per heavy atom. The van der Waals surface area contributed by atoms with E-state index in [1.54, 1.807) is 32.9 Å². The topological polar surface area (TPSA) is 52.6 Å². The number of hydrogen-bond acceptors (Lipinski definition) is 4. The Labute approximate surface area is 113 Å². The van der Waals surface area contributed by atoms with E-state index in [9.17, 15) is 9.59 Å². The summed E-state index contributed by atoms with van der Waals surface area (Å²) in [5, 5.41) is 0. The molecule has 0 fully saturated rings. The number of carbonyl (C=O) groups excluding carboxylic acids is 2. The highest BCUT2D eigenvalue weighted by Crippen LogP contribution is 2.15. The average Bonchev–Trinajstić information content (AvgIpc) is 2.31. The lowest BCUT2D eigenvalue weighted by molar-refractivity contribution is -0.161. The zero-order valence-electron chi connectivity index (χ0n) is 12.1. The first-order valence-electron chi connectivity index (χ1n) is 6.13. The van der Waals surface area contributed by atoms with E-state index < -0.39 is 17.4 Å². The second-order valence-electron chi connectivity index (χ2n) is 5.53. The van der Waals surface area contributed by atoms with Crippen molar-refractivity contribution in [3.8, 4) is 0 Å². The number of ether oxygens (including phenoxy) is 2. The van der Waals surface area contributed by atoms with Crippen molar-refractivity contribution in [2.24, 2.45) is 5.41 Å². The molecule has 0 saturated heterocycles. The molecule has 19 heavy (non-hydrogen) atoms. The fraction of sp³-hybridized carbons (Fsp3) is 0.467. The van der Waals surface area contributed by atoms with Gasteiger partial charge >= 0.3 is 11.9 Å². The Bertz CT molecular complexity index is 483. The molecule has 0 spiro atoms. The Kier molecular flexibility index (Phi) is 4.70. The molecule has 0 atom stereocenters. The van der Waals surface area contributed by atoms with Gasteiger partial charge in [-0.3, -0.25) is 4.79 Å².